The SMILES string of the molecule is CC(C)(C)C1CCC(C#N)C(S(=O)c2ccc(F)cc2)C1. The van der Waals surface area contributed by atoms with Crippen LogP contribution < -0.4 is 0 Å². The lowest BCUT2D eigenvalue weighted by Gasteiger charge is -2.39. The minimum Gasteiger partial charge on any atom is -0.254 e. The van der Waals surface area contributed by atoms with Crippen molar-refractivity contribution in [3.8, 4) is 6.07 Å². The van der Waals surface area contributed by atoms with Crippen molar-refractivity contribution in [2.45, 2.75) is 50.2 Å². The van der Waals surface area contributed by atoms with Gasteiger partial charge in [0.05, 0.1) is 28.0 Å². The zero-order valence-electron chi connectivity index (χ0n) is 12.8. The third-order valence-corrected chi connectivity index (χ3v) is 6.31. The van der Waals surface area contributed by atoms with Gasteiger partial charge in [-0.05, 0) is 54.9 Å². The highest BCUT2D eigenvalue weighted by Crippen LogP contribution is 2.42. The minimum absolute atomic E-state index is 0.154. The molecule has 0 radical (unpaired) electrons. The van der Waals surface area contributed by atoms with Crippen LogP contribution in [0.25, 0.3) is 0 Å². The number of hydrogen-bond acceptors (Lipinski definition) is 2. The van der Waals surface area contributed by atoms with E-state index in [9.17, 15) is 13.9 Å². The summed E-state index contributed by atoms with van der Waals surface area (Å²) in [6, 6.07) is 8.12. The van der Waals surface area contributed by atoms with Crippen LogP contribution in [0.1, 0.15) is 40.0 Å². The predicted octanol–water partition coefficient (Wildman–Crippen LogP) is 4.29. The molecule has 0 spiro atoms. The largest absolute Gasteiger partial charge is 0.254 e. The molecule has 0 aliphatic heterocycles. The first-order valence-corrected chi connectivity index (χ1v) is 8.60. The Kier molecular flexibility index (Phi) is 4.83. The Morgan fingerprint density at radius 1 is 1.24 bits per heavy atom. The summed E-state index contributed by atoms with van der Waals surface area (Å²) < 4.78 is 25.8. The molecule has 1 fully saturated rings. The number of halogens is 1. The van der Waals surface area contributed by atoms with Crippen molar-refractivity contribution in [3.05, 3.63) is 30.1 Å². The van der Waals surface area contributed by atoms with E-state index in [0.717, 1.165) is 19.3 Å². The maximum absolute atomic E-state index is 13.0. The van der Waals surface area contributed by atoms with Crippen molar-refractivity contribution in [1.29, 1.82) is 5.26 Å². The van der Waals surface area contributed by atoms with E-state index in [2.05, 4.69) is 26.8 Å². The Labute approximate surface area is 128 Å². The van der Waals surface area contributed by atoms with Crippen molar-refractivity contribution in [2.75, 3.05) is 0 Å². The fourth-order valence-corrected chi connectivity index (χ4v) is 4.70. The molecule has 0 saturated heterocycles. The molecule has 21 heavy (non-hydrogen) atoms. The number of nitriles is 1. The first kappa shape index (κ1) is 16.2. The van der Waals surface area contributed by atoms with Gasteiger partial charge in [0, 0.05) is 4.90 Å². The lowest BCUT2D eigenvalue weighted by molar-refractivity contribution is 0.167. The van der Waals surface area contributed by atoms with Crippen LogP contribution >= 0.6 is 0 Å². The van der Waals surface area contributed by atoms with Crippen molar-refractivity contribution in [1.82, 2.24) is 0 Å². The Bertz CT molecular complexity index is 556. The van der Waals surface area contributed by atoms with E-state index in [1.165, 1.54) is 12.1 Å². The average molecular weight is 307 g/mol. The minimum atomic E-state index is -1.25. The van der Waals surface area contributed by atoms with Crippen molar-refractivity contribution in [2.24, 2.45) is 17.3 Å². The first-order chi connectivity index (χ1) is 9.82. The Morgan fingerprint density at radius 3 is 2.38 bits per heavy atom. The second-order valence-electron chi connectivity index (χ2n) is 6.90. The van der Waals surface area contributed by atoms with Gasteiger partial charge in [-0.2, -0.15) is 5.26 Å². The summed E-state index contributed by atoms with van der Waals surface area (Å²) in [5.41, 5.74) is 0.158. The quantitative estimate of drug-likeness (QED) is 0.818. The third-order valence-electron chi connectivity index (χ3n) is 4.50. The monoisotopic (exact) mass is 307 g/mol. The van der Waals surface area contributed by atoms with Crippen LogP contribution in [0.3, 0.4) is 0 Å². The smallest absolute Gasteiger partial charge is 0.123 e. The van der Waals surface area contributed by atoms with Gasteiger partial charge in [-0.25, -0.2) is 4.39 Å². The van der Waals surface area contributed by atoms with E-state index in [1.807, 2.05) is 0 Å². The molecule has 1 aromatic rings. The van der Waals surface area contributed by atoms with Crippen molar-refractivity contribution in [3.63, 3.8) is 0 Å². The maximum atomic E-state index is 13.0. The van der Waals surface area contributed by atoms with Gasteiger partial charge in [0.25, 0.3) is 0 Å². The highest BCUT2D eigenvalue weighted by atomic mass is 32.2. The molecular formula is C17H22FNOS. The molecule has 2 rings (SSSR count). The number of benzene rings is 1. The third kappa shape index (κ3) is 3.71. The second-order valence-corrected chi connectivity index (χ2v) is 8.57. The predicted molar refractivity (Wildman–Crippen MR) is 82.5 cm³/mol. The molecule has 4 heteroatoms. The molecule has 1 aliphatic carbocycles. The molecule has 1 aliphatic rings. The van der Waals surface area contributed by atoms with E-state index in [-0.39, 0.29) is 22.4 Å². The molecule has 0 bridgehead atoms. The molecule has 1 aromatic carbocycles. The fraction of sp³-hybridized carbons (Fsp3) is 0.588. The van der Waals surface area contributed by atoms with Crippen LogP contribution in [-0.4, -0.2) is 9.46 Å². The zero-order chi connectivity index (χ0) is 15.6. The van der Waals surface area contributed by atoms with Gasteiger partial charge in [0.15, 0.2) is 0 Å². The molecule has 114 valence electrons. The van der Waals surface area contributed by atoms with E-state index in [1.54, 1.807) is 12.1 Å². The molecule has 4 unspecified atom stereocenters. The van der Waals surface area contributed by atoms with Gasteiger partial charge in [-0.1, -0.05) is 20.8 Å². The van der Waals surface area contributed by atoms with Gasteiger partial charge in [0.1, 0.15) is 5.82 Å². The van der Waals surface area contributed by atoms with E-state index < -0.39 is 10.8 Å². The Balaban J connectivity index is 2.23. The fourth-order valence-electron chi connectivity index (χ4n) is 3.04. The Hall–Kier alpha value is -1.21. The van der Waals surface area contributed by atoms with Gasteiger partial charge in [0.2, 0.25) is 0 Å². The lowest BCUT2D eigenvalue weighted by Crippen LogP contribution is -2.37. The summed E-state index contributed by atoms with van der Waals surface area (Å²) in [5, 5.41) is 9.19. The number of hydrogen-bond donors (Lipinski definition) is 0. The topological polar surface area (TPSA) is 40.9 Å². The number of rotatable bonds is 2. The van der Waals surface area contributed by atoms with Gasteiger partial charge < -0.3 is 0 Å². The van der Waals surface area contributed by atoms with Crippen molar-refractivity contribution >= 4 is 10.8 Å². The van der Waals surface area contributed by atoms with Gasteiger partial charge >= 0.3 is 0 Å². The summed E-state index contributed by atoms with van der Waals surface area (Å²) in [4.78, 5) is 0.621. The number of nitrogens with zero attached hydrogens (tertiary/aromatic N) is 1. The summed E-state index contributed by atoms with van der Waals surface area (Å²) in [7, 11) is -1.25. The summed E-state index contributed by atoms with van der Waals surface area (Å²) >= 11 is 0. The van der Waals surface area contributed by atoms with Crippen LogP contribution in [0.15, 0.2) is 29.2 Å². The molecule has 0 N–H and O–H groups in total. The highest BCUT2D eigenvalue weighted by molar-refractivity contribution is 7.85. The molecule has 4 atom stereocenters. The standard InChI is InChI=1S/C17H22FNOS/c1-17(2,3)13-5-4-12(11-19)16(10-13)21(20)15-8-6-14(18)7-9-15/h6-9,12-13,16H,4-5,10H2,1-3H3. The van der Waals surface area contributed by atoms with Crippen LogP contribution in [0.2, 0.25) is 0 Å². The van der Waals surface area contributed by atoms with Crippen LogP contribution in [-0.2, 0) is 10.8 Å². The second kappa shape index (κ2) is 6.27. The Morgan fingerprint density at radius 2 is 1.86 bits per heavy atom. The summed E-state index contributed by atoms with van der Waals surface area (Å²) in [6.45, 7) is 6.59. The maximum Gasteiger partial charge on any atom is 0.123 e. The van der Waals surface area contributed by atoms with Crippen LogP contribution in [0.4, 0.5) is 4.39 Å². The highest BCUT2D eigenvalue weighted by Gasteiger charge is 2.39. The van der Waals surface area contributed by atoms with Crippen molar-refractivity contribution < 1.29 is 8.60 Å². The molecule has 0 heterocycles. The lowest BCUT2D eigenvalue weighted by atomic mass is 9.70. The van der Waals surface area contributed by atoms with Gasteiger partial charge in [-0.15, -0.1) is 0 Å². The van der Waals surface area contributed by atoms with Crippen LogP contribution in [0, 0.1) is 34.4 Å². The summed E-state index contributed by atoms with van der Waals surface area (Å²) in [5.74, 6) is -0.0326. The molecule has 1 saturated carbocycles. The average Bonchev–Trinajstić information content (AvgIpc) is 2.45. The van der Waals surface area contributed by atoms with Gasteiger partial charge in [-0.3, -0.25) is 4.21 Å². The van der Waals surface area contributed by atoms with Crippen LogP contribution in [0.5, 0.6) is 0 Å². The van der Waals surface area contributed by atoms with E-state index >= 15 is 0 Å². The normalized spacial score (nSPS) is 27.9. The molecule has 0 amide bonds. The molecule has 0 aromatic heterocycles. The van der Waals surface area contributed by atoms with E-state index in [0.29, 0.717) is 10.8 Å². The molecule has 2 nitrogen and oxygen atoms in total. The first-order valence-electron chi connectivity index (χ1n) is 7.38. The van der Waals surface area contributed by atoms with E-state index in [4.69, 9.17) is 0 Å². The molecular weight excluding hydrogens is 285 g/mol. The zero-order valence-corrected chi connectivity index (χ0v) is 13.6. The summed E-state index contributed by atoms with van der Waals surface area (Å²) in [6.07, 6.45) is 2.61.